The van der Waals surface area contributed by atoms with Gasteiger partial charge in [-0.05, 0) is 52.3 Å². The Morgan fingerprint density at radius 1 is 1.03 bits per heavy atom. The van der Waals surface area contributed by atoms with Crippen LogP contribution in [0.25, 0.3) is 0 Å². The largest absolute Gasteiger partial charge is 0.477 e. The maximum atomic E-state index is 12.6. The molecule has 1 amide bonds. The second-order valence-corrected chi connectivity index (χ2v) is 9.20. The predicted octanol–water partition coefficient (Wildman–Crippen LogP) is 5.63. The molecule has 0 aromatic heterocycles. The van der Waals surface area contributed by atoms with Crippen LogP contribution in [-0.4, -0.2) is 29.6 Å². The standard InChI is InChI=1S/C22H14Br3N3O6/c23-15-5-3-4-13(8-15)22(30)34-21-14(9-16(24)10-17(21)25)11-26-27-20(29)12-33-19-7-2-1-6-18(19)28(31)32/h1-11H,12H2,(H,27,29). The number of halogens is 3. The number of hydrogen-bond donors (Lipinski definition) is 1. The molecule has 0 atom stereocenters. The second-order valence-electron chi connectivity index (χ2n) is 6.51. The molecule has 3 aromatic rings. The van der Waals surface area contributed by atoms with E-state index in [4.69, 9.17) is 9.47 Å². The van der Waals surface area contributed by atoms with Gasteiger partial charge in [0.25, 0.3) is 5.91 Å². The summed E-state index contributed by atoms with van der Waals surface area (Å²) in [6, 6.07) is 15.8. The summed E-state index contributed by atoms with van der Waals surface area (Å²) >= 11 is 10.0. The van der Waals surface area contributed by atoms with Gasteiger partial charge in [-0.25, -0.2) is 10.2 Å². The second kappa shape index (κ2) is 11.9. The van der Waals surface area contributed by atoms with E-state index in [2.05, 4.69) is 58.3 Å². The minimum atomic E-state index is -0.642. The first-order valence-electron chi connectivity index (χ1n) is 9.39. The van der Waals surface area contributed by atoms with Gasteiger partial charge in [-0.2, -0.15) is 5.10 Å². The first kappa shape index (κ1) is 25.5. The molecule has 174 valence electrons. The number of esters is 1. The van der Waals surface area contributed by atoms with Gasteiger partial charge in [0.05, 0.1) is 21.2 Å². The average molecular weight is 656 g/mol. The van der Waals surface area contributed by atoms with E-state index in [1.54, 1.807) is 42.5 Å². The summed E-state index contributed by atoms with van der Waals surface area (Å²) in [5.41, 5.74) is 2.75. The highest BCUT2D eigenvalue weighted by Crippen LogP contribution is 2.33. The molecule has 0 fully saturated rings. The van der Waals surface area contributed by atoms with Crippen molar-refractivity contribution in [3.05, 3.63) is 95.3 Å². The number of hydrazone groups is 1. The molecule has 0 bridgehead atoms. The third kappa shape index (κ3) is 6.95. The molecule has 0 unspecified atom stereocenters. The normalized spacial score (nSPS) is 10.7. The van der Waals surface area contributed by atoms with E-state index in [-0.39, 0.29) is 17.2 Å². The van der Waals surface area contributed by atoms with E-state index in [0.717, 1.165) is 4.47 Å². The predicted molar refractivity (Wildman–Crippen MR) is 135 cm³/mol. The monoisotopic (exact) mass is 653 g/mol. The van der Waals surface area contributed by atoms with Crippen molar-refractivity contribution in [2.45, 2.75) is 0 Å². The third-order valence-corrected chi connectivity index (χ3v) is 5.65. The highest BCUT2D eigenvalue weighted by Gasteiger charge is 2.17. The fraction of sp³-hybridized carbons (Fsp3) is 0.0455. The van der Waals surface area contributed by atoms with E-state index in [9.17, 15) is 19.7 Å². The van der Waals surface area contributed by atoms with Gasteiger partial charge >= 0.3 is 11.7 Å². The lowest BCUT2D eigenvalue weighted by molar-refractivity contribution is -0.385. The Balaban J connectivity index is 1.69. The van der Waals surface area contributed by atoms with Gasteiger partial charge in [-0.1, -0.05) is 50.1 Å². The zero-order valence-electron chi connectivity index (χ0n) is 17.0. The molecule has 0 saturated heterocycles. The SMILES string of the molecule is O=C(COc1ccccc1[N+](=O)[O-])NN=Cc1cc(Br)cc(Br)c1OC(=O)c1cccc(Br)c1. The van der Waals surface area contributed by atoms with E-state index < -0.39 is 23.4 Å². The number of carbonyl (C=O) groups is 2. The number of ether oxygens (including phenoxy) is 2. The van der Waals surface area contributed by atoms with Crippen molar-refractivity contribution < 1.29 is 24.0 Å². The maximum Gasteiger partial charge on any atom is 0.343 e. The number of para-hydroxylation sites is 2. The number of nitro groups is 1. The van der Waals surface area contributed by atoms with Gasteiger partial charge in [-0.15, -0.1) is 0 Å². The van der Waals surface area contributed by atoms with E-state index >= 15 is 0 Å². The zero-order valence-corrected chi connectivity index (χ0v) is 21.8. The summed E-state index contributed by atoms with van der Waals surface area (Å²) in [4.78, 5) is 35.1. The summed E-state index contributed by atoms with van der Waals surface area (Å²) in [6.07, 6.45) is 1.29. The van der Waals surface area contributed by atoms with E-state index in [0.29, 0.717) is 20.1 Å². The average Bonchev–Trinajstić information content (AvgIpc) is 2.79. The lowest BCUT2D eigenvalue weighted by atomic mass is 10.2. The minimum absolute atomic E-state index is 0.0377. The Labute approximate surface area is 218 Å². The van der Waals surface area contributed by atoms with Crippen molar-refractivity contribution in [1.29, 1.82) is 0 Å². The zero-order chi connectivity index (χ0) is 24.7. The fourth-order valence-electron chi connectivity index (χ4n) is 2.63. The van der Waals surface area contributed by atoms with Crippen molar-refractivity contribution in [1.82, 2.24) is 5.43 Å². The van der Waals surface area contributed by atoms with E-state index in [1.165, 1.54) is 24.4 Å². The third-order valence-electron chi connectivity index (χ3n) is 4.11. The molecule has 12 heteroatoms. The Kier molecular flexibility index (Phi) is 8.91. The number of nitro benzene ring substituents is 1. The molecule has 0 aliphatic heterocycles. The molecule has 9 nitrogen and oxygen atoms in total. The van der Waals surface area contributed by atoms with Crippen molar-refractivity contribution in [3.8, 4) is 11.5 Å². The first-order chi connectivity index (χ1) is 16.2. The number of nitrogens with one attached hydrogen (secondary N) is 1. The highest BCUT2D eigenvalue weighted by molar-refractivity contribution is 9.11. The number of rotatable bonds is 8. The molecular formula is C22H14Br3N3O6. The smallest absolute Gasteiger partial charge is 0.343 e. The van der Waals surface area contributed by atoms with Crippen molar-refractivity contribution in [2.24, 2.45) is 5.10 Å². The van der Waals surface area contributed by atoms with Crippen LogP contribution in [0.5, 0.6) is 11.5 Å². The Bertz CT molecular complexity index is 1280. The molecule has 0 saturated carbocycles. The fourth-order valence-corrected chi connectivity index (χ4v) is 4.37. The van der Waals surface area contributed by atoms with Gasteiger partial charge in [0.2, 0.25) is 0 Å². The van der Waals surface area contributed by atoms with Crippen molar-refractivity contribution in [2.75, 3.05) is 6.61 Å². The Morgan fingerprint density at radius 2 is 1.79 bits per heavy atom. The number of benzene rings is 3. The number of nitrogens with zero attached hydrogens (tertiary/aromatic N) is 2. The van der Waals surface area contributed by atoms with Gasteiger partial charge in [0.1, 0.15) is 0 Å². The summed E-state index contributed by atoms with van der Waals surface area (Å²) < 4.78 is 12.7. The molecule has 0 spiro atoms. The van der Waals surface area contributed by atoms with Crippen molar-refractivity contribution >= 4 is 71.6 Å². The summed E-state index contributed by atoms with van der Waals surface area (Å²) in [6.45, 7) is -0.491. The van der Waals surface area contributed by atoms with Gasteiger partial charge in [0.15, 0.2) is 18.1 Å². The number of hydrogen-bond acceptors (Lipinski definition) is 7. The quantitative estimate of drug-likeness (QED) is 0.110. The molecule has 0 aliphatic rings. The molecule has 0 aliphatic carbocycles. The van der Waals surface area contributed by atoms with Crippen LogP contribution in [0.15, 0.2) is 79.2 Å². The summed E-state index contributed by atoms with van der Waals surface area (Å²) in [5, 5.41) is 14.9. The Hall–Kier alpha value is -3.09. The Morgan fingerprint density at radius 3 is 2.53 bits per heavy atom. The van der Waals surface area contributed by atoms with Gasteiger partial charge in [0, 0.05) is 20.6 Å². The van der Waals surface area contributed by atoms with Crippen LogP contribution >= 0.6 is 47.8 Å². The van der Waals surface area contributed by atoms with Crippen LogP contribution in [0.2, 0.25) is 0 Å². The number of carbonyl (C=O) groups excluding carboxylic acids is 2. The van der Waals surface area contributed by atoms with Crippen LogP contribution in [0.3, 0.4) is 0 Å². The molecule has 34 heavy (non-hydrogen) atoms. The van der Waals surface area contributed by atoms with Crippen LogP contribution in [0.1, 0.15) is 15.9 Å². The first-order valence-corrected chi connectivity index (χ1v) is 11.8. The topological polar surface area (TPSA) is 120 Å². The molecule has 0 heterocycles. The lowest BCUT2D eigenvalue weighted by Crippen LogP contribution is -2.24. The lowest BCUT2D eigenvalue weighted by Gasteiger charge is -2.11. The number of amides is 1. The summed E-state index contributed by atoms with van der Waals surface area (Å²) in [5.74, 6) is -1.07. The summed E-state index contributed by atoms with van der Waals surface area (Å²) in [7, 11) is 0. The maximum absolute atomic E-state index is 12.6. The minimum Gasteiger partial charge on any atom is -0.477 e. The highest BCUT2D eigenvalue weighted by atomic mass is 79.9. The molecule has 1 N–H and O–H groups in total. The van der Waals surface area contributed by atoms with Crippen molar-refractivity contribution in [3.63, 3.8) is 0 Å². The van der Waals surface area contributed by atoms with Crippen LogP contribution in [0.4, 0.5) is 5.69 Å². The van der Waals surface area contributed by atoms with Crippen LogP contribution < -0.4 is 14.9 Å². The van der Waals surface area contributed by atoms with Gasteiger partial charge < -0.3 is 9.47 Å². The van der Waals surface area contributed by atoms with Crippen LogP contribution in [-0.2, 0) is 4.79 Å². The van der Waals surface area contributed by atoms with E-state index in [1.807, 2.05) is 0 Å². The van der Waals surface area contributed by atoms with Gasteiger partial charge in [-0.3, -0.25) is 14.9 Å². The molecular weight excluding hydrogens is 642 g/mol. The molecule has 3 aromatic carbocycles. The molecule has 3 rings (SSSR count). The molecule has 0 radical (unpaired) electrons. The van der Waals surface area contributed by atoms with Crippen LogP contribution in [0, 0.1) is 10.1 Å².